The highest BCUT2D eigenvalue weighted by atomic mass is 79.9. The van der Waals surface area contributed by atoms with Gasteiger partial charge in [-0.2, -0.15) is 0 Å². The molecule has 2 atom stereocenters. The minimum absolute atomic E-state index is 0.178. The lowest BCUT2D eigenvalue weighted by Gasteiger charge is -2.31. The van der Waals surface area contributed by atoms with Crippen LogP contribution in [0.1, 0.15) is 32.4 Å². The smallest absolute Gasteiger partial charge is 0.231 e. The SMILES string of the molecule is CCN(CC)C(=O)[C@H]1CCC[NH+](Cc2ccc(Br)o2)C1. The quantitative estimate of drug-likeness (QED) is 0.883. The Hall–Kier alpha value is -0.810. The number of amides is 1. The van der Waals surface area contributed by atoms with Crippen LogP contribution in [-0.4, -0.2) is 37.0 Å². The molecule has 1 aromatic heterocycles. The summed E-state index contributed by atoms with van der Waals surface area (Å²) in [5.74, 6) is 1.49. The van der Waals surface area contributed by atoms with E-state index in [1.165, 1.54) is 4.90 Å². The Kier molecular flexibility index (Phi) is 5.66. The molecule has 0 aromatic carbocycles. The number of carbonyl (C=O) groups excluding carboxylic acids is 1. The Bertz CT molecular complexity index is 443. The fourth-order valence-corrected chi connectivity index (χ4v) is 3.35. The van der Waals surface area contributed by atoms with E-state index in [2.05, 4.69) is 29.8 Å². The van der Waals surface area contributed by atoms with E-state index in [1.54, 1.807) is 0 Å². The summed E-state index contributed by atoms with van der Waals surface area (Å²) in [6.45, 7) is 8.64. The van der Waals surface area contributed by atoms with E-state index in [0.717, 1.165) is 56.0 Å². The van der Waals surface area contributed by atoms with Crippen molar-refractivity contribution in [2.75, 3.05) is 26.2 Å². The van der Waals surface area contributed by atoms with E-state index < -0.39 is 0 Å². The zero-order valence-electron chi connectivity index (χ0n) is 12.3. The molecule has 1 saturated heterocycles. The highest BCUT2D eigenvalue weighted by Gasteiger charge is 2.31. The van der Waals surface area contributed by atoms with Gasteiger partial charge in [-0.15, -0.1) is 0 Å². The number of hydrogen-bond donors (Lipinski definition) is 1. The number of nitrogens with one attached hydrogen (secondary N) is 1. The van der Waals surface area contributed by atoms with E-state index in [-0.39, 0.29) is 5.92 Å². The third-order valence-corrected chi connectivity index (χ3v) is 4.52. The lowest BCUT2D eigenvalue weighted by Crippen LogP contribution is -3.12. The van der Waals surface area contributed by atoms with E-state index in [0.29, 0.717) is 5.91 Å². The topological polar surface area (TPSA) is 37.9 Å². The molecule has 1 aliphatic rings. The number of rotatable bonds is 5. The van der Waals surface area contributed by atoms with Crippen molar-refractivity contribution in [2.45, 2.75) is 33.2 Å². The maximum atomic E-state index is 12.4. The van der Waals surface area contributed by atoms with Gasteiger partial charge in [0, 0.05) is 13.1 Å². The van der Waals surface area contributed by atoms with Gasteiger partial charge in [0.05, 0.1) is 19.0 Å². The molecule has 0 spiro atoms. The molecule has 1 aliphatic heterocycles. The molecule has 1 amide bonds. The van der Waals surface area contributed by atoms with Crippen LogP contribution in [0.25, 0.3) is 0 Å². The maximum absolute atomic E-state index is 12.4. The van der Waals surface area contributed by atoms with E-state index >= 15 is 0 Å². The van der Waals surface area contributed by atoms with Crippen LogP contribution in [0.4, 0.5) is 0 Å². The highest BCUT2D eigenvalue weighted by molar-refractivity contribution is 9.10. The summed E-state index contributed by atoms with van der Waals surface area (Å²) in [6, 6.07) is 3.93. The standard InChI is InChI=1S/C15H23BrN2O2/c1-3-18(4-2)15(19)12-6-5-9-17(10-12)11-13-7-8-14(16)20-13/h7-8,12H,3-6,9-11H2,1-2H3/p+1/t12-/m0/s1. The first kappa shape index (κ1) is 15.6. The summed E-state index contributed by atoms with van der Waals surface area (Å²) in [6.07, 6.45) is 2.15. The van der Waals surface area contributed by atoms with Gasteiger partial charge in [-0.1, -0.05) is 0 Å². The maximum Gasteiger partial charge on any atom is 0.231 e. The molecule has 20 heavy (non-hydrogen) atoms. The number of likely N-dealkylation sites (tertiary alicyclic amines) is 1. The van der Waals surface area contributed by atoms with Crippen LogP contribution in [0.5, 0.6) is 0 Å². The van der Waals surface area contributed by atoms with Crippen LogP contribution in [0.2, 0.25) is 0 Å². The van der Waals surface area contributed by atoms with Gasteiger partial charge in [-0.3, -0.25) is 4.79 Å². The summed E-state index contributed by atoms with van der Waals surface area (Å²) in [5, 5.41) is 0. The number of piperidine rings is 1. The second-order valence-electron chi connectivity index (χ2n) is 5.44. The Morgan fingerprint density at radius 2 is 2.20 bits per heavy atom. The molecule has 5 heteroatoms. The number of halogens is 1. The van der Waals surface area contributed by atoms with E-state index in [9.17, 15) is 4.79 Å². The molecule has 1 unspecified atom stereocenters. The van der Waals surface area contributed by atoms with E-state index in [1.807, 2.05) is 17.0 Å². The third kappa shape index (κ3) is 3.85. The first-order chi connectivity index (χ1) is 9.63. The van der Waals surface area contributed by atoms with Crippen molar-refractivity contribution in [1.82, 2.24) is 4.90 Å². The lowest BCUT2D eigenvalue weighted by atomic mass is 9.96. The largest absolute Gasteiger partial charge is 0.448 e. The van der Waals surface area contributed by atoms with Gasteiger partial charge in [-0.05, 0) is 54.8 Å². The minimum Gasteiger partial charge on any atom is -0.448 e. The van der Waals surface area contributed by atoms with Gasteiger partial charge in [0.25, 0.3) is 0 Å². The second-order valence-corrected chi connectivity index (χ2v) is 6.22. The van der Waals surface area contributed by atoms with Gasteiger partial charge >= 0.3 is 0 Å². The van der Waals surface area contributed by atoms with Crippen LogP contribution >= 0.6 is 15.9 Å². The van der Waals surface area contributed by atoms with Crippen LogP contribution in [0.3, 0.4) is 0 Å². The Balaban J connectivity index is 1.92. The summed E-state index contributed by atoms with van der Waals surface area (Å²) in [4.78, 5) is 15.8. The van der Waals surface area contributed by atoms with Crippen molar-refractivity contribution >= 4 is 21.8 Å². The summed E-state index contributed by atoms with van der Waals surface area (Å²) < 4.78 is 6.35. The van der Waals surface area contributed by atoms with Crippen LogP contribution in [0, 0.1) is 5.92 Å². The number of quaternary nitrogens is 1. The highest BCUT2D eigenvalue weighted by Crippen LogP contribution is 2.15. The monoisotopic (exact) mass is 343 g/mol. The molecule has 112 valence electrons. The minimum atomic E-state index is 0.178. The fourth-order valence-electron chi connectivity index (χ4n) is 3.01. The molecule has 4 nitrogen and oxygen atoms in total. The van der Waals surface area contributed by atoms with Gasteiger partial charge in [-0.25, -0.2) is 0 Å². The molecule has 1 aromatic rings. The molecular weight excluding hydrogens is 320 g/mol. The number of carbonyl (C=O) groups is 1. The van der Waals surface area contributed by atoms with Gasteiger partial charge in [0.2, 0.25) is 5.91 Å². The zero-order chi connectivity index (χ0) is 14.5. The second kappa shape index (κ2) is 7.27. The normalized spacial score (nSPS) is 22.8. The van der Waals surface area contributed by atoms with Crippen molar-refractivity contribution in [1.29, 1.82) is 0 Å². The van der Waals surface area contributed by atoms with Gasteiger partial charge < -0.3 is 14.2 Å². The molecule has 1 fully saturated rings. The van der Waals surface area contributed by atoms with Crippen LogP contribution in [0.15, 0.2) is 21.2 Å². The van der Waals surface area contributed by atoms with Gasteiger partial charge in [0.1, 0.15) is 6.54 Å². The summed E-state index contributed by atoms with van der Waals surface area (Å²) >= 11 is 3.33. The molecular formula is C15H24BrN2O2+. The number of hydrogen-bond acceptors (Lipinski definition) is 2. The average Bonchev–Trinajstić information content (AvgIpc) is 2.85. The Morgan fingerprint density at radius 3 is 2.80 bits per heavy atom. The molecule has 2 rings (SSSR count). The van der Waals surface area contributed by atoms with E-state index in [4.69, 9.17) is 4.42 Å². The van der Waals surface area contributed by atoms with Crippen LogP contribution < -0.4 is 4.90 Å². The van der Waals surface area contributed by atoms with Crippen molar-refractivity contribution < 1.29 is 14.1 Å². The molecule has 1 N–H and O–H groups in total. The summed E-state index contributed by atoms with van der Waals surface area (Å²) in [5.41, 5.74) is 0. The third-order valence-electron chi connectivity index (χ3n) is 4.10. The molecule has 0 aliphatic carbocycles. The van der Waals surface area contributed by atoms with Crippen LogP contribution in [-0.2, 0) is 11.3 Å². The van der Waals surface area contributed by atoms with Crippen molar-refractivity contribution in [2.24, 2.45) is 5.92 Å². The number of furan rings is 1. The Morgan fingerprint density at radius 1 is 1.45 bits per heavy atom. The molecule has 0 radical (unpaired) electrons. The molecule has 0 bridgehead atoms. The predicted octanol–water partition coefficient (Wildman–Crippen LogP) is 1.71. The van der Waals surface area contributed by atoms with Crippen molar-refractivity contribution in [3.05, 3.63) is 22.6 Å². The van der Waals surface area contributed by atoms with Crippen molar-refractivity contribution in [3.8, 4) is 0 Å². The zero-order valence-corrected chi connectivity index (χ0v) is 13.9. The average molecular weight is 344 g/mol. The lowest BCUT2D eigenvalue weighted by molar-refractivity contribution is -0.922. The van der Waals surface area contributed by atoms with Gasteiger partial charge in [0.15, 0.2) is 10.4 Å². The molecule has 0 saturated carbocycles. The first-order valence-corrected chi connectivity index (χ1v) is 8.29. The Labute approximate surface area is 129 Å². The predicted molar refractivity (Wildman–Crippen MR) is 81.5 cm³/mol. The summed E-state index contributed by atoms with van der Waals surface area (Å²) in [7, 11) is 0. The molecule has 2 heterocycles. The first-order valence-electron chi connectivity index (χ1n) is 7.50. The van der Waals surface area contributed by atoms with Crippen molar-refractivity contribution in [3.63, 3.8) is 0 Å². The fraction of sp³-hybridized carbons (Fsp3) is 0.667. The number of nitrogens with zero attached hydrogens (tertiary/aromatic N) is 1.